The highest BCUT2D eigenvalue weighted by molar-refractivity contribution is 5.92. The van der Waals surface area contributed by atoms with Gasteiger partial charge in [0.2, 0.25) is 0 Å². The first-order chi connectivity index (χ1) is 14.5. The Labute approximate surface area is 174 Å². The number of rotatable bonds is 2. The molecular weight excluding hydrogens is 424 g/mol. The molecular formula is C21H21F6N3O. The van der Waals surface area contributed by atoms with Gasteiger partial charge in [0.25, 0.3) is 5.91 Å². The summed E-state index contributed by atoms with van der Waals surface area (Å²) in [6.07, 6.45) is -4.53. The fourth-order valence-electron chi connectivity index (χ4n) is 4.29. The van der Waals surface area contributed by atoms with Crippen molar-refractivity contribution in [2.24, 2.45) is 0 Å². The van der Waals surface area contributed by atoms with Gasteiger partial charge in [-0.2, -0.15) is 26.3 Å². The van der Waals surface area contributed by atoms with Gasteiger partial charge in [-0.3, -0.25) is 4.79 Å². The van der Waals surface area contributed by atoms with Crippen LogP contribution in [0.15, 0.2) is 24.4 Å². The summed E-state index contributed by atoms with van der Waals surface area (Å²) in [6, 6.07) is 1.73. The summed E-state index contributed by atoms with van der Waals surface area (Å²) < 4.78 is 80.8. The van der Waals surface area contributed by atoms with Crippen LogP contribution in [0.4, 0.5) is 26.3 Å². The van der Waals surface area contributed by atoms with Crippen molar-refractivity contribution in [3.8, 4) is 0 Å². The van der Waals surface area contributed by atoms with Crippen molar-refractivity contribution in [3.63, 3.8) is 0 Å². The summed E-state index contributed by atoms with van der Waals surface area (Å²) in [5, 5.41) is 0. The molecule has 31 heavy (non-hydrogen) atoms. The van der Waals surface area contributed by atoms with Crippen LogP contribution in [-0.2, 0) is 25.3 Å². The molecule has 3 heterocycles. The average Bonchev–Trinajstić information content (AvgIpc) is 3.15. The minimum Gasteiger partial charge on any atom is -0.337 e. The number of fused-ring (bicyclic) bond motifs is 1. The predicted octanol–water partition coefficient (Wildman–Crippen LogP) is 5.28. The molecule has 1 fully saturated rings. The van der Waals surface area contributed by atoms with Crippen molar-refractivity contribution < 1.29 is 31.1 Å². The lowest BCUT2D eigenvalue weighted by molar-refractivity contribution is -0.143. The van der Waals surface area contributed by atoms with Crippen molar-refractivity contribution in [1.82, 2.24) is 14.5 Å². The number of hydrogen-bond donors (Lipinski definition) is 0. The summed E-state index contributed by atoms with van der Waals surface area (Å²) in [5.41, 5.74) is -2.35. The molecule has 0 bridgehead atoms. The molecule has 1 saturated heterocycles. The van der Waals surface area contributed by atoms with Crippen LogP contribution in [0.5, 0.6) is 0 Å². The van der Waals surface area contributed by atoms with Gasteiger partial charge in [-0.1, -0.05) is 0 Å². The quantitative estimate of drug-likeness (QED) is 0.591. The highest BCUT2D eigenvalue weighted by Gasteiger charge is 2.38. The third-order valence-electron chi connectivity index (χ3n) is 5.94. The standard InChI is InChI=1S/C21H21F6N3O/c22-20(23,24)15-8-14(9-16(10-15)21(25,26)27)13-4-5-18-28-17(12-30(18)11-13)19(31)29-6-2-1-3-7-29/h8-10,12-13H,1-7,11H2. The number of aromatic nitrogens is 2. The zero-order valence-corrected chi connectivity index (χ0v) is 16.6. The SMILES string of the molecule is O=C(c1cn2c(n1)CCC(c1cc(C(F)(F)F)cc(C(F)(F)F)c1)C2)N1CCCCC1. The lowest BCUT2D eigenvalue weighted by Crippen LogP contribution is -2.35. The van der Waals surface area contributed by atoms with Crippen LogP contribution >= 0.6 is 0 Å². The predicted molar refractivity (Wildman–Crippen MR) is 99.5 cm³/mol. The van der Waals surface area contributed by atoms with Crippen molar-refractivity contribution in [1.29, 1.82) is 0 Å². The van der Waals surface area contributed by atoms with Crippen LogP contribution < -0.4 is 0 Å². The lowest BCUT2D eigenvalue weighted by atomic mass is 9.89. The lowest BCUT2D eigenvalue weighted by Gasteiger charge is -2.26. The third-order valence-corrected chi connectivity index (χ3v) is 5.94. The first-order valence-corrected chi connectivity index (χ1v) is 10.2. The Hall–Kier alpha value is -2.52. The molecule has 0 spiro atoms. The van der Waals surface area contributed by atoms with Crippen LogP contribution in [0.25, 0.3) is 0 Å². The number of likely N-dealkylation sites (tertiary alicyclic amines) is 1. The Morgan fingerprint density at radius 2 is 1.55 bits per heavy atom. The number of alkyl halides is 6. The molecule has 1 aromatic carbocycles. The minimum absolute atomic E-state index is 0.00888. The maximum Gasteiger partial charge on any atom is 0.416 e. The molecule has 0 radical (unpaired) electrons. The zero-order chi connectivity index (χ0) is 22.4. The van der Waals surface area contributed by atoms with E-state index in [2.05, 4.69) is 4.98 Å². The van der Waals surface area contributed by atoms with E-state index in [9.17, 15) is 31.1 Å². The number of piperidine rings is 1. The number of amides is 1. The molecule has 0 saturated carbocycles. The summed E-state index contributed by atoms with van der Waals surface area (Å²) in [4.78, 5) is 18.8. The molecule has 1 unspecified atom stereocenters. The second kappa shape index (κ2) is 7.87. The molecule has 2 aliphatic rings. The minimum atomic E-state index is -4.88. The zero-order valence-electron chi connectivity index (χ0n) is 16.6. The second-order valence-corrected chi connectivity index (χ2v) is 8.12. The Morgan fingerprint density at radius 3 is 2.13 bits per heavy atom. The average molecular weight is 445 g/mol. The number of aryl methyl sites for hydroxylation is 1. The van der Waals surface area contributed by atoms with Gasteiger partial charge in [0.05, 0.1) is 11.1 Å². The molecule has 10 heteroatoms. The summed E-state index contributed by atoms with van der Waals surface area (Å²) in [5.74, 6) is -0.0979. The topological polar surface area (TPSA) is 38.1 Å². The van der Waals surface area contributed by atoms with E-state index in [1.165, 1.54) is 0 Å². The van der Waals surface area contributed by atoms with E-state index in [1.807, 2.05) is 0 Å². The number of halogens is 6. The van der Waals surface area contributed by atoms with E-state index in [1.54, 1.807) is 15.7 Å². The number of nitrogens with zero attached hydrogens (tertiary/aromatic N) is 3. The second-order valence-electron chi connectivity index (χ2n) is 8.12. The summed E-state index contributed by atoms with van der Waals surface area (Å²) in [7, 11) is 0. The number of imidazole rings is 1. The molecule has 0 N–H and O–H groups in total. The first kappa shape index (κ1) is 21.7. The molecule has 1 aromatic heterocycles. The highest BCUT2D eigenvalue weighted by atomic mass is 19.4. The maximum atomic E-state index is 13.2. The Kier molecular flexibility index (Phi) is 5.51. The Bertz CT molecular complexity index is 940. The van der Waals surface area contributed by atoms with E-state index in [0.29, 0.717) is 31.8 Å². The van der Waals surface area contributed by atoms with Crippen molar-refractivity contribution in [3.05, 3.63) is 52.6 Å². The monoisotopic (exact) mass is 445 g/mol. The largest absolute Gasteiger partial charge is 0.416 e. The van der Waals surface area contributed by atoms with Crippen LogP contribution in [0.2, 0.25) is 0 Å². The Morgan fingerprint density at radius 1 is 0.935 bits per heavy atom. The molecule has 0 aliphatic carbocycles. The van der Waals surface area contributed by atoms with Gasteiger partial charge >= 0.3 is 12.4 Å². The smallest absolute Gasteiger partial charge is 0.337 e. The van der Waals surface area contributed by atoms with Crippen molar-refractivity contribution >= 4 is 5.91 Å². The fourth-order valence-corrected chi connectivity index (χ4v) is 4.29. The molecule has 2 aromatic rings. The molecule has 1 amide bonds. The number of carbonyl (C=O) groups is 1. The first-order valence-electron chi connectivity index (χ1n) is 10.2. The van der Waals surface area contributed by atoms with Crippen LogP contribution in [0, 0.1) is 0 Å². The normalized spacial score (nSPS) is 19.9. The van der Waals surface area contributed by atoms with Crippen LogP contribution in [0.3, 0.4) is 0 Å². The molecule has 2 aliphatic heterocycles. The van der Waals surface area contributed by atoms with E-state index >= 15 is 0 Å². The fraction of sp³-hybridized carbons (Fsp3) is 0.524. The van der Waals surface area contributed by atoms with Gasteiger partial charge in [-0.25, -0.2) is 4.98 Å². The molecule has 168 valence electrons. The maximum absolute atomic E-state index is 13.2. The van der Waals surface area contributed by atoms with Crippen LogP contribution in [0.1, 0.15) is 64.6 Å². The van der Waals surface area contributed by atoms with Crippen molar-refractivity contribution in [2.45, 2.75) is 56.9 Å². The van der Waals surface area contributed by atoms with Gasteiger partial charge in [-0.05, 0) is 49.4 Å². The van der Waals surface area contributed by atoms with Gasteiger partial charge in [-0.15, -0.1) is 0 Å². The van der Waals surface area contributed by atoms with Crippen LogP contribution in [-0.4, -0.2) is 33.4 Å². The molecule has 4 rings (SSSR count). The molecule has 4 nitrogen and oxygen atoms in total. The number of benzene rings is 1. The van der Waals surface area contributed by atoms with E-state index < -0.39 is 29.4 Å². The van der Waals surface area contributed by atoms with Gasteiger partial charge < -0.3 is 9.47 Å². The summed E-state index contributed by atoms with van der Waals surface area (Å²) in [6.45, 7) is 1.50. The summed E-state index contributed by atoms with van der Waals surface area (Å²) >= 11 is 0. The third kappa shape index (κ3) is 4.57. The van der Waals surface area contributed by atoms with Crippen molar-refractivity contribution in [2.75, 3.05) is 13.1 Å². The van der Waals surface area contributed by atoms with Gasteiger partial charge in [0.1, 0.15) is 11.5 Å². The number of hydrogen-bond acceptors (Lipinski definition) is 2. The van der Waals surface area contributed by atoms with Gasteiger partial charge in [0, 0.05) is 38.2 Å². The number of carbonyl (C=O) groups excluding carboxylic acids is 1. The van der Waals surface area contributed by atoms with E-state index in [4.69, 9.17) is 0 Å². The van der Waals surface area contributed by atoms with E-state index in [0.717, 1.165) is 31.4 Å². The van der Waals surface area contributed by atoms with E-state index in [-0.39, 0.29) is 29.8 Å². The van der Waals surface area contributed by atoms with Gasteiger partial charge in [0.15, 0.2) is 0 Å². The highest BCUT2D eigenvalue weighted by Crippen LogP contribution is 2.39. The molecule has 1 atom stereocenters. The Balaban J connectivity index is 1.60.